The molecular formula is C16H10Cl2F9O3PS. The quantitative estimate of drug-likeness (QED) is 0.286. The molecule has 180 valence electrons. The van der Waals surface area contributed by atoms with Gasteiger partial charge in [-0.15, -0.1) is 0 Å². The van der Waals surface area contributed by atoms with Gasteiger partial charge in [0.25, 0.3) is 0 Å². The van der Waals surface area contributed by atoms with Crippen LogP contribution in [0.5, 0.6) is 0 Å². The highest BCUT2D eigenvalue weighted by molar-refractivity contribution is 7.86. The molecule has 3 nitrogen and oxygen atoms in total. The van der Waals surface area contributed by atoms with E-state index in [1.165, 1.54) is 10.6 Å². The van der Waals surface area contributed by atoms with Crippen LogP contribution in [0.4, 0.5) is 39.5 Å². The van der Waals surface area contributed by atoms with E-state index in [1.54, 1.807) is 0 Å². The molecule has 0 atom stereocenters. The fourth-order valence-electron chi connectivity index (χ4n) is 1.83. The fourth-order valence-corrected chi connectivity index (χ4v) is 3.68. The Morgan fingerprint density at radius 3 is 1.22 bits per heavy atom. The van der Waals surface area contributed by atoms with Crippen LogP contribution >= 0.6 is 31.8 Å². The van der Waals surface area contributed by atoms with E-state index >= 15 is 0 Å². The van der Waals surface area contributed by atoms with Crippen molar-refractivity contribution >= 4 is 52.5 Å². The van der Waals surface area contributed by atoms with Crippen molar-refractivity contribution in [2.75, 3.05) is 0 Å². The topological polar surface area (TPSA) is 57.2 Å². The smallest absolute Gasteiger partial charge is 0.460 e. The van der Waals surface area contributed by atoms with Crippen molar-refractivity contribution in [3.8, 4) is 0 Å². The van der Waals surface area contributed by atoms with E-state index in [9.17, 15) is 52.5 Å². The minimum absolute atomic E-state index is 0.134. The Balaban J connectivity index is 0.000000321. The van der Waals surface area contributed by atoms with E-state index < -0.39 is 33.4 Å². The zero-order valence-corrected chi connectivity index (χ0v) is 18.5. The summed E-state index contributed by atoms with van der Waals surface area (Å²) in [6.07, 6.45) is -7.16. The van der Waals surface area contributed by atoms with Crippen molar-refractivity contribution < 1.29 is 52.5 Å². The van der Waals surface area contributed by atoms with Crippen molar-refractivity contribution in [3.05, 3.63) is 58.6 Å². The Bertz CT molecular complexity index is 969. The fraction of sp³-hybridized carbons (Fsp3) is 0.250. The van der Waals surface area contributed by atoms with Gasteiger partial charge in [-0.25, -0.2) is 8.42 Å². The molecule has 0 heterocycles. The summed E-state index contributed by atoms with van der Waals surface area (Å²) in [5.41, 5.74) is 0. The van der Waals surface area contributed by atoms with Gasteiger partial charge in [-0.05, 0) is 48.5 Å². The second kappa shape index (κ2) is 9.92. The van der Waals surface area contributed by atoms with Crippen molar-refractivity contribution in [3.63, 3.8) is 0 Å². The first-order valence-corrected chi connectivity index (χ1v) is 11.1. The van der Waals surface area contributed by atoms with E-state index in [2.05, 4.69) is 24.3 Å². The molecule has 0 aliphatic carbocycles. The van der Waals surface area contributed by atoms with Crippen LogP contribution in [0.25, 0.3) is 0 Å². The first kappa shape index (κ1) is 28.8. The maximum absolute atomic E-state index is 12.2. The van der Waals surface area contributed by atoms with Crippen LogP contribution < -0.4 is 10.6 Å². The molecule has 0 N–H and O–H groups in total. The predicted octanol–water partition coefficient (Wildman–Crippen LogP) is 5.31. The summed E-state index contributed by atoms with van der Waals surface area (Å²) in [5, 5.41) is -2.87. The Morgan fingerprint density at radius 2 is 0.969 bits per heavy atom. The molecule has 2 aromatic carbocycles. The average molecular weight is 555 g/mol. The molecular weight excluding hydrogens is 545 g/mol. The van der Waals surface area contributed by atoms with Crippen molar-refractivity contribution in [1.82, 2.24) is 0 Å². The maximum Gasteiger partial charge on any atom is 0.460 e. The normalized spacial score (nSPS) is 13.4. The minimum atomic E-state index is -7.43. The molecule has 0 saturated carbocycles. The Hall–Kier alpha value is -1.27. The highest BCUT2D eigenvalue weighted by atomic mass is 35.5. The number of halogens is 11. The van der Waals surface area contributed by atoms with Gasteiger partial charge < -0.3 is 4.55 Å². The molecule has 0 bridgehead atoms. The first-order chi connectivity index (χ1) is 14.2. The standard InChI is InChI=1S/C12H9Cl2P.C4HF9O3S/c13-9-1-5-11(6-2-9)15-12-7-3-10(14)4-8-12;5-1(6,3(9,10)11)2(7,8)4(12,13)17(14,15)16/h1-8,15H;(H,14,15,16). The summed E-state index contributed by atoms with van der Waals surface area (Å²) in [5.74, 6) is -14.8. The number of hydrogen-bond donors (Lipinski definition) is 0. The summed E-state index contributed by atoms with van der Waals surface area (Å²) in [4.78, 5) is 0. The van der Waals surface area contributed by atoms with Crippen molar-refractivity contribution in [1.29, 1.82) is 0 Å². The molecule has 0 aromatic heterocycles. The molecule has 16 heteroatoms. The van der Waals surface area contributed by atoms with E-state index in [0.29, 0.717) is 0 Å². The zero-order chi connectivity index (χ0) is 25.2. The highest BCUT2D eigenvalue weighted by Gasteiger charge is 2.83. The number of rotatable bonds is 5. The number of hydrogen-bond acceptors (Lipinski definition) is 3. The molecule has 0 aliphatic heterocycles. The van der Waals surface area contributed by atoms with Crippen LogP contribution in [0.1, 0.15) is 0 Å². The molecule has 2 aromatic rings. The lowest BCUT2D eigenvalue weighted by atomic mass is 10.1. The molecule has 2 rings (SSSR count). The van der Waals surface area contributed by atoms with Crippen LogP contribution in [0.15, 0.2) is 48.5 Å². The van der Waals surface area contributed by atoms with E-state index in [0.717, 1.165) is 10.0 Å². The Labute approximate surface area is 187 Å². The van der Waals surface area contributed by atoms with Gasteiger partial charge in [-0.2, -0.15) is 39.5 Å². The third kappa shape index (κ3) is 6.40. The van der Waals surface area contributed by atoms with Crippen molar-refractivity contribution in [2.45, 2.75) is 23.3 Å². The summed E-state index contributed by atoms with van der Waals surface area (Å²) < 4.78 is 135. The maximum atomic E-state index is 12.2. The number of benzene rings is 2. The third-order valence-electron chi connectivity index (χ3n) is 3.50. The second-order valence-corrected chi connectivity index (χ2v) is 9.78. The Kier molecular flexibility index (Phi) is 8.92. The largest absolute Gasteiger partial charge is 0.743 e. The lowest BCUT2D eigenvalue weighted by Crippen LogP contribution is -2.63. The van der Waals surface area contributed by atoms with E-state index in [4.69, 9.17) is 23.2 Å². The zero-order valence-electron chi connectivity index (χ0n) is 15.0. The third-order valence-corrected chi connectivity index (χ3v) is 6.33. The number of alkyl halides is 9. The molecule has 0 radical (unpaired) electrons. The predicted molar refractivity (Wildman–Crippen MR) is 102 cm³/mol. The van der Waals surface area contributed by atoms with E-state index in [1.807, 2.05) is 24.3 Å². The minimum Gasteiger partial charge on any atom is -0.743 e. The van der Waals surface area contributed by atoms with Crippen LogP contribution in [-0.2, 0) is 10.1 Å². The summed E-state index contributed by atoms with van der Waals surface area (Å²) >= 11 is 11.7. The molecule has 0 spiro atoms. The van der Waals surface area contributed by atoms with Gasteiger partial charge in [0.15, 0.2) is 10.1 Å². The van der Waals surface area contributed by atoms with Crippen LogP contribution in [0.3, 0.4) is 0 Å². The Morgan fingerprint density at radius 1 is 0.656 bits per heavy atom. The van der Waals surface area contributed by atoms with Gasteiger partial charge in [-0.1, -0.05) is 23.2 Å². The van der Waals surface area contributed by atoms with Crippen LogP contribution in [0, 0.1) is 0 Å². The van der Waals surface area contributed by atoms with Crippen LogP contribution in [0.2, 0.25) is 10.0 Å². The van der Waals surface area contributed by atoms with Gasteiger partial charge in [0.2, 0.25) is 0 Å². The summed E-state index contributed by atoms with van der Waals surface area (Å²) in [6, 6.07) is 16.0. The molecule has 0 unspecified atom stereocenters. The molecule has 0 fully saturated rings. The lowest BCUT2D eigenvalue weighted by Gasteiger charge is -2.34. The van der Waals surface area contributed by atoms with Gasteiger partial charge >= 0.3 is 23.3 Å². The SMILES string of the molecule is Clc1ccc([PH2+]c2ccc(Cl)cc2)cc1.O=S(=O)([O-])C(F)(F)C(F)(F)C(F)(F)C(F)(F)F. The lowest BCUT2D eigenvalue weighted by molar-refractivity contribution is -0.382. The van der Waals surface area contributed by atoms with Gasteiger partial charge in [0, 0.05) is 10.0 Å². The molecule has 0 aliphatic rings. The van der Waals surface area contributed by atoms with E-state index in [-0.39, 0.29) is 8.58 Å². The second-order valence-electron chi connectivity index (χ2n) is 5.86. The van der Waals surface area contributed by atoms with Gasteiger partial charge in [0.05, 0.1) is 19.2 Å². The van der Waals surface area contributed by atoms with Gasteiger partial charge in [-0.3, -0.25) is 0 Å². The average Bonchev–Trinajstić information content (AvgIpc) is 2.64. The van der Waals surface area contributed by atoms with Crippen molar-refractivity contribution in [2.24, 2.45) is 0 Å². The molecule has 32 heavy (non-hydrogen) atoms. The van der Waals surface area contributed by atoms with Crippen LogP contribution in [-0.4, -0.2) is 36.2 Å². The highest BCUT2D eigenvalue weighted by Crippen LogP contribution is 2.54. The molecule has 0 saturated heterocycles. The van der Waals surface area contributed by atoms with Gasteiger partial charge in [0.1, 0.15) is 0 Å². The monoisotopic (exact) mass is 554 g/mol. The summed E-state index contributed by atoms with van der Waals surface area (Å²) in [7, 11) is -7.28. The molecule has 0 amide bonds. The summed E-state index contributed by atoms with van der Waals surface area (Å²) in [6.45, 7) is 0. The first-order valence-electron chi connectivity index (χ1n) is 7.75.